The summed E-state index contributed by atoms with van der Waals surface area (Å²) in [6.45, 7) is 14.7. The van der Waals surface area contributed by atoms with E-state index in [1.54, 1.807) is 13.8 Å². The quantitative estimate of drug-likeness (QED) is 0.282. The van der Waals surface area contributed by atoms with Crippen LogP contribution in [-0.4, -0.2) is 93.5 Å². The van der Waals surface area contributed by atoms with Crippen molar-refractivity contribution < 1.29 is 39.1 Å². The standard InChI is InChI=1S/C26H41NO8.ClH/c1-7-22(4)15-19(29)26(32)23(5)17(14-18(28)24(26,6)35-22)21(2,3)8-9-25(23,31)34-20(30)16-27-10-12-33-13-11-27;/h7,17-18,28,31-32H,1,8-16H2,2-6H3;1H/t17-,18-,22-,23+,24+,25+,26-;/m0./s1. The second kappa shape index (κ2) is 9.29. The number of hydrogen-bond acceptors (Lipinski definition) is 9. The third-order valence-corrected chi connectivity index (χ3v) is 9.66. The summed E-state index contributed by atoms with van der Waals surface area (Å²) in [4.78, 5) is 28.8. The molecule has 2 saturated heterocycles. The zero-order valence-corrected chi connectivity index (χ0v) is 22.9. The van der Waals surface area contributed by atoms with Gasteiger partial charge < -0.3 is 29.5 Å². The minimum Gasteiger partial charge on any atom is -0.432 e. The second-order valence-corrected chi connectivity index (χ2v) is 12.2. The smallest absolute Gasteiger partial charge is 0.322 e. The van der Waals surface area contributed by atoms with Gasteiger partial charge in [-0.3, -0.25) is 14.5 Å². The molecule has 4 aliphatic rings. The summed E-state index contributed by atoms with van der Waals surface area (Å²) >= 11 is 0. The highest BCUT2D eigenvalue weighted by molar-refractivity contribution is 5.92. The number of carbonyl (C=O) groups is 2. The Bertz CT molecular complexity index is 908. The molecule has 10 heteroatoms. The Balaban J connectivity index is 0.00000361. The van der Waals surface area contributed by atoms with E-state index in [1.807, 2.05) is 18.7 Å². The zero-order chi connectivity index (χ0) is 26.1. The van der Waals surface area contributed by atoms with Gasteiger partial charge in [-0.05, 0) is 44.9 Å². The number of rotatable bonds is 4. The summed E-state index contributed by atoms with van der Waals surface area (Å²) in [6.07, 6.45) is 0.799. The normalized spacial score (nSPS) is 46.6. The summed E-state index contributed by atoms with van der Waals surface area (Å²) in [5.41, 5.74) is -7.28. The van der Waals surface area contributed by atoms with Crippen LogP contribution < -0.4 is 0 Å². The minimum absolute atomic E-state index is 0. The summed E-state index contributed by atoms with van der Waals surface area (Å²) in [6, 6.07) is 0. The van der Waals surface area contributed by atoms with Crippen molar-refractivity contribution in [2.24, 2.45) is 16.7 Å². The largest absolute Gasteiger partial charge is 0.432 e. The van der Waals surface area contributed by atoms with Crippen LogP contribution in [0, 0.1) is 16.7 Å². The molecule has 2 aliphatic carbocycles. The van der Waals surface area contributed by atoms with Crippen LogP contribution in [0.3, 0.4) is 0 Å². The molecule has 0 spiro atoms. The van der Waals surface area contributed by atoms with Crippen LogP contribution in [-0.2, 0) is 23.8 Å². The molecule has 2 heterocycles. The number of nitrogens with zero attached hydrogens (tertiary/aromatic N) is 1. The van der Waals surface area contributed by atoms with Gasteiger partial charge in [0.25, 0.3) is 0 Å². The van der Waals surface area contributed by atoms with Gasteiger partial charge in [0.1, 0.15) is 5.60 Å². The van der Waals surface area contributed by atoms with Crippen molar-refractivity contribution in [3.8, 4) is 0 Å². The number of esters is 1. The lowest BCUT2D eigenvalue weighted by Gasteiger charge is -2.71. The minimum atomic E-state index is -2.32. The summed E-state index contributed by atoms with van der Waals surface area (Å²) in [5, 5.41) is 35.9. The molecule has 2 aliphatic heterocycles. The van der Waals surface area contributed by atoms with Crippen LogP contribution in [0.2, 0.25) is 0 Å². The zero-order valence-electron chi connectivity index (χ0n) is 22.0. The molecule has 36 heavy (non-hydrogen) atoms. The molecule has 206 valence electrons. The van der Waals surface area contributed by atoms with E-state index in [4.69, 9.17) is 14.2 Å². The maximum atomic E-state index is 13.9. The van der Waals surface area contributed by atoms with E-state index < -0.39 is 57.2 Å². The van der Waals surface area contributed by atoms with E-state index in [9.17, 15) is 24.9 Å². The van der Waals surface area contributed by atoms with Crippen LogP contribution in [0.4, 0.5) is 0 Å². The number of morpholine rings is 1. The van der Waals surface area contributed by atoms with Crippen LogP contribution in [0.15, 0.2) is 12.7 Å². The van der Waals surface area contributed by atoms with Gasteiger partial charge in [0.05, 0.1) is 36.9 Å². The van der Waals surface area contributed by atoms with E-state index >= 15 is 0 Å². The lowest BCUT2D eigenvalue weighted by atomic mass is 9.39. The van der Waals surface area contributed by atoms with E-state index in [1.165, 1.54) is 13.0 Å². The number of aliphatic hydroxyl groups excluding tert-OH is 1. The van der Waals surface area contributed by atoms with Gasteiger partial charge in [-0.25, -0.2) is 0 Å². The first-order valence-electron chi connectivity index (χ1n) is 12.6. The van der Waals surface area contributed by atoms with Crippen molar-refractivity contribution in [2.75, 3.05) is 32.8 Å². The van der Waals surface area contributed by atoms with Crippen molar-refractivity contribution in [2.45, 2.75) is 89.0 Å². The Labute approximate surface area is 219 Å². The predicted molar refractivity (Wildman–Crippen MR) is 133 cm³/mol. The molecule has 3 N–H and O–H groups in total. The van der Waals surface area contributed by atoms with Gasteiger partial charge in [0.2, 0.25) is 5.79 Å². The average Bonchev–Trinajstić information content (AvgIpc) is 2.77. The molecular weight excluding hydrogens is 490 g/mol. The molecule has 0 aromatic carbocycles. The van der Waals surface area contributed by atoms with Crippen LogP contribution in [0.1, 0.15) is 60.3 Å². The Kier molecular flexibility index (Phi) is 7.61. The number of halogens is 1. The number of hydrogen-bond donors (Lipinski definition) is 3. The lowest BCUT2D eigenvalue weighted by molar-refractivity contribution is -0.402. The monoisotopic (exact) mass is 531 g/mol. The molecule has 7 atom stereocenters. The summed E-state index contributed by atoms with van der Waals surface area (Å²) in [7, 11) is 0. The maximum Gasteiger partial charge on any atom is 0.322 e. The van der Waals surface area contributed by atoms with Crippen molar-refractivity contribution in [1.29, 1.82) is 0 Å². The number of fused-ring (bicyclic) bond motifs is 3. The molecule has 0 bridgehead atoms. The molecule has 0 aromatic rings. The highest BCUT2D eigenvalue weighted by Gasteiger charge is 2.82. The predicted octanol–water partition coefficient (Wildman–Crippen LogP) is 1.60. The summed E-state index contributed by atoms with van der Waals surface area (Å²) in [5.74, 6) is -3.89. The second-order valence-electron chi connectivity index (χ2n) is 12.2. The first kappa shape index (κ1) is 29.5. The molecule has 0 radical (unpaired) electrons. The third kappa shape index (κ3) is 3.97. The molecular formula is C26H42ClNO8. The van der Waals surface area contributed by atoms with Crippen LogP contribution >= 0.6 is 12.4 Å². The van der Waals surface area contributed by atoms with Crippen molar-refractivity contribution >= 4 is 24.2 Å². The van der Waals surface area contributed by atoms with E-state index in [0.717, 1.165) is 0 Å². The Morgan fingerprint density at radius 1 is 1.17 bits per heavy atom. The number of carbonyl (C=O) groups excluding carboxylic acids is 2. The highest BCUT2D eigenvalue weighted by atomic mass is 35.5. The molecule has 2 saturated carbocycles. The van der Waals surface area contributed by atoms with Gasteiger partial charge in [-0.15, -0.1) is 19.0 Å². The molecule has 9 nitrogen and oxygen atoms in total. The topological polar surface area (TPSA) is 126 Å². The van der Waals surface area contributed by atoms with E-state index in [-0.39, 0.29) is 38.2 Å². The number of ether oxygens (including phenoxy) is 3. The fourth-order valence-corrected chi connectivity index (χ4v) is 7.38. The van der Waals surface area contributed by atoms with Crippen molar-refractivity contribution in [3.05, 3.63) is 12.7 Å². The Morgan fingerprint density at radius 3 is 2.36 bits per heavy atom. The highest BCUT2D eigenvalue weighted by Crippen LogP contribution is 2.69. The first-order chi connectivity index (χ1) is 16.1. The lowest BCUT2D eigenvalue weighted by Crippen LogP contribution is -2.86. The van der Waals surface area contributed by atoms with Gasteiger partial charge >= 0.3 is 5.97 Å². The molecule has 0 amide bonds. The maximum absolute atomic E-state index is 13.9. The molecule has 4 fully saturated rings. The first-order valence-corrected chi connectivity index (χ1v) is 12.6. The van der Waals surface area contributed by atoms with Gasteiger partial charge in [-0.1, -0.05) is 19.9 Å². The van der Waals surface area contributed by atoms with Gasteiger partial charge in [0.15, 0.2) is 11.4 Å². The van der Waals surface area contributed by atoms with Gasteiger partial charge in [0, 0.05) is 25.9 Å². The van der Waals surface area contributed by atoms with Crippen LogP contribution in [0.25, 0.3) is 0 Å². The van der Waals surface area contributed by atoms with Crippen LogP contribution in [0.5, 0.6) is 0 Å². The van der Waals surface area contributed by atoms with E-state index in [2.05, 4.69) is 6.58 Å². The molecule has 0 unspecified atom stereocenters. The number of aliphatic hydroxyl groups is 3. The third-order valence-electron chi connectivity index (χ3n) is 9.66. The molecule has 4 rings (SSSR count). The molecule has 0 aromatic heterocycles. The average molecular weight is 532 g/mol. The fraction of sp³-hybridized carbons (Fsp3) is 0.846. The SMILES string of the molecule is C=C[C@@]1(C)CC(=O)[C@]2(O)[C@]3(C)[C@@H](C[C@H](O)[C@@]2(C)O1)C(C)(C)CC[C@@]3(O)OC(=O)CN1CCOCC1.Cl. The van der Waals surface area contributed by atoms with Crippen molar-refractivity contribution in [1.82, 2.24) is 4.90 Å². The summed E-state index contributed by atoms with van der Waals surface area (Å²) < 4.78 is 17.5. The number of Topliss-reactive ketones (excluding diaryl/α,β-unsaturated/α-hetero) is 1. The Morgan fingerprint density at radius 2 is 1.78 bits per heavy atom. The fourth-order valence-electron chi connectivity index (χ4n) is 7.38. The Hall–Kier alpha value is -1.07. The van der Waals surface area contributed by atoms with Gasteiger partial charge in [-0.2, -0.15) is 0 Å². The van der Waals surface area contributed by atoms with E-state index in [0.29, 0.717) is 32.7 Å². The number of ketones is 1. The van der Waals surface area contributed by atoms with Crippen molar-refractivity contribution in [3.63, 3.8) is 0 Å².